The van der Waals surface area contributed by atoms with Crippen molar-refractivity contribution in [1.82, 2.24) is 15.8 Å². The maximum atomic E-state index is 12.6. The molecule has 0 aromatic heterocycles. The molecule has 1 aromatic rings. The molecule has 1 heterocycles. The van der Waals surface area contributed by atoms with E-state index in [0.29, 0.717) is 25.8 Å². The van der Waals surface area contributed by atoms with Gasteiger partial charge < -0.3 is 14.6 Å². The van der Waals surface area contributed by atoms with Crippen LogP contribution in [0.25, 0.3) is 0 Å². The summed E-state index contributed by atoms with van der Waals surface area (Å²) < 4.78 is 5.90. The van der Waals surface area contributed by atoms with E-state index in [9.17, 15) is 14.7 Å². The smallest absolute Gasteiger partial charge is 0.423 e. The molecule has 156 valence electrons. The highest BCUT2D eigenvalue weighted by molar-refractivity contribution is 5.67. The van der Waals surface area contributed by atoms with Gasteiger partial charge >= 0.3 is 6.09 Å². The molecule has 1 saturated heterocycles. The number of piperidine rings is 1. The Kier molecular flexibility index (Phi) is 7.98. The Labute approximate surface area is 167 Å². The molecule has 1 fully saturated rings. The number of benzene rings is 1. The highest BCUT2D eigenvalue weighted by atomic mass is 16.6. The summed E-state index contributed by atoms with van der Waals surface area (Å²) in [5, 5.41) is 11.0. The molecule has 0 spiro atoms. The normalized spacial score (nSPS) is 18.7. The number of aldehydes is 1. The number of likely N-dealkylation sites (tertiary alicyclic amines) is 1. The van der Waals surface area contributed by atoms with Crippen LogP contribution in [0.5, 0.6) is 0 Å². The SMILES string of the molecule is CC(C)(C)NNC(=O)OC(Cc1ccccc1)(C(O)CC=O)N1CCCCC1. The number of aliphatic hydroxyl groups excluding tert-OH is 1. The zero-order valence-corrected chi connectivity index (χ0v) is 17.1. The monoisotopic (exact) mass is 391 g/mol. The molecule has 2 rings (SSSR count). The summed E-state index contributed by atoms with van der Waals surface area (Å²) in [5.41, 5.74) is 4.72. The molecule has 28 heavy (non-hydrogen) atoms. The van der Waals surface area contributed by atoms with Gasteiger partial charge in [0.25, 0.3) is 0 Å². The maximum absolute atomic E-state index is 12.6. The first-order valence-electron chi connectivity index (χ1n) is 9.94. The third-order valence-corrected chi connectivity index (χ3v) is 4.84. The third-order valence-electron chi connectivity index (χ3n) is 4.84. The quantitative estimate of drug-likeness (QED) is 0.466. The van der Waals surface area contributed by atoms with Crippen molar-refractivity contribution in [1.29, 1.82) is 0 Å². The number of carbonyl (C=O) groups excluding carboxylic acids is 2. The molecule has 0 bridgehead atoms. The zero-order valence-electron chi connectivity index (χ0n) is 17.1. The topological polar surface area (TPSA) is 90.9 Å². The van der Waals surface area contributed by atoms with Gasteiger partial charge in [-0.3, -0.25) is 10.3 Å². The summed E-state index contributed by atoms with van der Waals surface area (Å²) >= 11 is 0. The summed E-state index contributed by atoms with van der Waals surface area (Å²) in [7, 11) is 0. The number of hydrogen-bond acceptors (Lipinski definition) is 6. The van der Waals surface area contributed by atoms with Crippen molar-refractivity contribution in [3.05, 3.63) is 35.9 Å². The summed E-state index contributed by atoms with van der Waals surface area (Å²) in [6, 6.07) is 9.59. The minimum Gasteiger partial charge on any atom is -0.423 e. The summed E-state index contributed by atoms with van der Waals surface area (Å²) in [6.45, 7) is 7.13. The predicted molar refractivity (Wildman–Crippen MR) is 107 cm³/mol. The Morgan fingerprint density at radius 3 is 2.43 bits per heavy atom. The number of carbonyl (C=O) groups is 2. The molecule has 7 heteroatoms. The number of ether oxygens (including phenoxy) is 1. The van der Waals surface area contributed by atoms with Crippen LogP contribution in [0.1, 0.15) is 52.0 Å². The minimum absolute atomic E-state index is 0.108. The highest BCUT2D eigenvalue weighted by Gasteiger charge is 2.47. The molecule has 2 atom stereocenters. The first-order valence-corrected chi connectivity index (χ1v) is 9.94. The first kappa shape index (κ1) is 22.3. The van der Waals surface area contributed by atoms with Crippen molar-refractivity contribution < 1.29 is 19.4 Å². The summed E-state index contributed by atoms with van der Waals surface area (Å²) in [5.74, 6) is 0. The van der Waals surface area contributed by atoms with E-state index in [1.807, 2.05) is 56.0 Å². The van der Waals surface area contributed by atoms with E-state index in [4.69, 9.17) is 4.74 Å². The van der Waals surface area contributed by atoms with Crippen LogP contribution in [-0.2, 0) is 16.0 Å². The lowest BCUT2D eigenvalue weighted by atomic mass is 9.91. The number of amides is 1. The fraction of sp³-hybridized carbons (Fsp3) is 0.619. The lowest BCUT2D eigenvalue weighted by Gasteiger charge is -2.47. The number of hydrogen-bond donors (Lipinski definition) is 3. The molecule has 1 aliphatic heterocycles. The Hall–Kier alpha value is -1.96. The third kappa shape index (κ3) is 6.29. The second-order valence-electron chi connectivity index (χ2n) is 8.36. The van der Waals surface area contributed by atoms with Gasteiger partial charge in [-0.25, -0.2) is 10.2 Å². The van der Waals surface area contributed by atoms with Crippen LogP contribution in [-0.4, -0.2) is 52.8 Å². The molecule has 2 unspecified atom stereocenters. The Morgan fingerprint density at radius 1 is 1.21 bits per heavy atom. The zero-order chi connectivity index (χ0) is 20.6. The maximum Gasteiger partial charge on any atom is 0.423 e. The average molecular weight is 392 g/mol. The molecule has 7 nitrogen and oxygen atoms in total. The highest BCUT2D eigenvalue weighted by Crippen LogP contribution is 2.31. The largest absolute Gasteiger partial charge is 0.423 e. The average Bonchev–Trinajstić information content (AvgIpc) is 2.67. The van der Waals surface area contributed by atoms with Crippen LogP contribution in [0, 0.1) is 0 Å². The van der Waals surface area contributed by atoms with Crippen molar-refractivity contribution in [3.63, 3.8) is 0 Å². The van der Waals surface area contributed by atoms with Gasteiger partial charge in [0.15, 0.2) is 5.72 Å². The van der Waals surface area contributed by atoms with Crippen LogP contribution in [0.4, 0.5) is 4.79 Å². The fourth-order valence-electron chi connectivity index (χ4n) is 3.47. The van der Waals surface area contributed by atoms with Gasteiger partial charge in [0.1, 0.15) is 12.4 Å². The van der Waals surface area contributed by atoms with Gasteiger partial charge in [0, 0.05) is 31.5 Å². The molecule has 1 aliphatic rings. The van der Waals surface area contributed by atoms with Gasteiger partial charge in [0.2, 0.25) is 0 Å². The fourth-order valence-corrected chi connectivity index (χ4v) is 3.47. The molecule has 3 N–H and O–H groups in total. The number of hydrazine groups is 1. The van der Waals surface area contributed by atoms with Crippen LogP contribution < -0.4 is 10.9 Å². The molecule has 0 radical (unpaired) electrons. The molecular weight excluding hydrogens is 358 g/mol. The molecule has 1 aromatic carbocycles. The minimum atomic E-state index is -1.31. The van der Waals surface area contributed by atoms with Crippen LogP contribution in [0.2, 0.25) is 0 Å². The molecular formula is C21H33N3O4. The summed E-state index contributed by atoms with van der Waals surface area (Å²) in [4.78, 5) is 25.8. The number of nitrogens with zero attached hydrogens (tertiary/aromatic N) is 1. The van der Waals surface area contributed by atoms with Gasteiger partial charge in [-0.2, -0.15) is 0 Å². The lowest BCUT2D eigenvalue weighted by molar-refractivity contribution is -0.186. The number of rotatable bonds is 8. The standard InChI is InChI=1S/C21H33N3O4/c1-20(2,3)23-22-19(27)28-21(18(26)12-15-25,24-13-8-5-9-14-24)16-17-10-6-4-7-11-17/h4,6-7,10-11,15,18,23,26H,5,8-9,12-14,16H2,1-3H3,(H,22,27). The van der Waals surface area contributed by atoms with Crippen molar-refractivity contribution >= 4 is 12.4 Å². The van der Waals surface area contributed by atoms with E-state index in [1.165, 1.54) is 0 Å². The van der Waals surface area contributed by atoms with Crippen molar-refractivity contribution in [3.8, 4) is 0 Å². The Bertz CT molecular complexity index is 626. The molecule has 0 saturated carbocycles. The predicted octanol–water partition coefficient (Wildman–Crippen LogP) is 2.39. The van der Waals surface area contributed by atoms with E-state index < -0.39 is 17.9 Å². The van der Waals surface area contributed by atoms with Crippen molar-refractivity contribution in [2.45, 2.75) is 70.2 Å². The van der Waals surface area contributed by atoms with E-state index >= 15 is 0 Å². The van der Waals surface area contributed by atoms with Gasteiger partial charge in [-0.05, 0) is 39.2 Å². The van der Waals surface area contributed by atoms with Gasteiger partial charge in [-0.15, -0.1) is 0 Å². The first-order chi connectivity index (χ1) is 13.3. The summed E-state index contributed by atoms with van der Waals surface area (Å²) in [6.07, 6.45) is 2.05. The van der Waals surface area contributed by atoms with Crippen molar-refractivity contribution in [2.24, 2.45) is 0 Å². The van der Waals surface area contributed by atoms with E-state index in [-0.39, 0.29) is 12.0 Å². The van der Waals surface area contributed by atoms with Crippen LogP contribution >= 0.6 is 0 Å². The van der Waals surface area contributed by atoms with E-state index in [0.717, 1.165) is 24.8 Å². The molecule has 0 aliphatic carbocycles. The van der Waals surface area contributed by atoms with E-state index in [2.05, 4.69) is 10.9 Å². The number of aliphatic hydroxyl groups is 1. The Balaban J connectivity index is 2.33. The van der Waals surface area contributed by atoms with Crippen LogP contribution in [0.3, 0.4) is 0 Å². The van der Waals surface area contributed by atoms with E-state index in [1.54, 1.807) is 0 Å². The second kappa shape index (κ2) is 10.0. The lowest BCUT2D eigenvalue weighted by Crippen LogP contribution is -2.64. The van der Waals surface area contributed by atoms with Crippen molar-refractivity contribution in [2.75, 3.05) is 13.1 Å². The second-order valence-corrected chi connectivity index (χ2v) is 8.36. The Morgan fingerprint density at radius 2 is 1.86 bits per heavy atom. The number of nitrogens with one attached hydrogen (secondary N) is 2. The van der Waals surface area contributed by atoms with Gasteiger partial charge in [-0.1, -0.05) is 36.8 Å². The van der Waals surface area contributed by atoms with Gasteiger partial charge in [0.05, 0.1) is 0 Å². The molecule has 1 amide bonds. The van der Waals surface area contributed by atoms with Crippen LogP contribution in [0.15, 0.2) is 30.3 Å².